The molecule has 2 aromatic rings. The number of carbonyl (C=O) groups is 1. The molecule has 0 fully saturated rings. The molecule has 0 spiro atoms. The minimum Gasteiger partial charge on any atom is -0.504 e. The van der Waals surface area contributed by atoms with E-state index in [2.05, 4.69) is 4.99 Å². The molecule has 0 bridgehead atoms. The molecule has 0 unspecified atom stereocenters. The highest BCUT2D eigenvalue weighted by Crippen LogP contribution is 2.29. The van der Waals surface area contributed by atoms with Crippen LogP contribution < -0.4 is 4.74 Å². The van der Waals surface area contributed by atoms with Crippen LogP contribution in [0.5, 0.6) is 11.5 Å². The van der Waals surface area contributed by atoms with E-state index >= 15 is 0 Å². The fourth-order valence-corrected chi connectivity index (χ4v) is 2.02. The number of ether oxygens (including phenoxy) is 2. The number of aromatic hydroxyl groups is 1. The normalized spacial score (nSPS) is 10.7. The highest BCUT2D eigenvalue weighted by atomic mass is 16.5. The van der Waals surface area contributed by atoms with E-state index < -0.39 is 5.97 Å². The van der Waals surface area contributed by atoms with Crippen molar-refractivity contribution in [3.63, 3.8) is 0 Å². The number of esters is 1. The summed E-state index contributed by atoms with van der Waals surface area (Å²) in [5.41, 5.74) is 1.37. The number of aliphatic imine (C=N–C) groups is 1. The van der Waals surface area contributed by atoms with E-state index in [1.807, 2.05) is 6.92 Å². The molecule has 120 valence electrons. The van der Waals surface area contributed by atoms with Gasteiger partial charge < -0.3 is 14.6 Å². The molecule has 0 atom stereocenters. The van der Waals surface area contributed by atoms with Crippen molar-refractivity contribution in [3.05, 3.63) is 53.6 Å². The number of hydrogen-bond donors (Lipinski definition) is 1. The maximum atomic E-state index is 11.9. The van der Waals surface area contributed by atoms with Gasteiger partial charge in [0.1, 0.15) is 0 Å². The fraction of sp³-hybridized carbons (Fsp3) is 0.222. The molecule has 0 aliphatic heterocycles. The van der Waals surface area contributed by atoms with Gasteiger partial charge in [-0.3, -0.25) is 4.99 Å². The number of phenolic OH excluding ortho intramolecular Hbond substituents is 1. The summed E-state index contributed by atoms with van der Waals surface area (Å²) in [6.07, 6.45) is 1.50. The third-order valence-electron chi connectivity index (χ3n) is 3.07. The number of benzene rings is 2. The Kier molecular flexibility index (Phi) is 5.74. The molecular weight excluding hydrogens is 294 g/mol. The summed E-state index contributed by atoms with van der Waals surface area (Å²) in [6, 6.07) is 12.1. The molecule has 5 heteroatoms. The van der Waals surface area contributed by atoms with E-state index in [0.29, 0.717) is 35.8 Å². The second-order valence-electron chi connectivity index (χ2n) is 4.62. The topological polar surface area (TPSA) is 68.1 Å². The zero-order valence-electron chi connectivity index (χ0n) is 13.2. The van der Waals surface area contributed by atoms with Crippen molar-refractivity contribution in [2.45, 2.75) is 13.8 Å². The number of para-hydroxylation sites is 2. The Hall–Kier alpha value is -2.82. The molecule has 0 radical (unpaired) electrons. The van der Waals surface area contributed by atoms with Gasteiger partial charge in [0.2, 0.25) is 0 Å². The minimum absolute atomic E-state index is 0.0201. The fourth-order valence-electron chi connectivity index (χ4n) is 2.02. The lowest BCUT2D eigenvalue weighted by molar-refractivity contribution is 0.0527. The number of nitrogens with zero attached hydrogens (tertiary/aromatic N) is 1. The molecular formula is C18H19NO4. The van der Waals surface area contributed by atoms with Crippen molar-refractivity contribution in [2.24, 2.45) is 4.99 Å². The molecule has 0 aliphatic rings. The highest BCUT2D eigenvalue weighted by Gasteiger charge is 2.11. The number of carbonyl (C=O) groups excluding carboxylic acids is 1. The van der Waals surface area contributed by atoms with Crippen molar-refractivity contribution in [3.8, 4) is 11.5 Å². The van der Waals surface area contributed by atoms with E-state index in [4.69, 9.17) is 9.47 Å². The van der Waals surface area contributed by atoms with Crippen molar-refractivity contribution in [1.82, 2.24) is 0 Å². The Bertz CT molecular complexity index is 710. The average molecular weight is 313 g/mol. The first-order valence-electron chi connectivity index (χ1n) is 7.42. The van der Waals surface area contributed by atoms with Crippen LogP contribution in [0.15, 0.2) is 47.5 Å². The van der Waals surface area contributed by atoms with Gasteiger partial charge in [0.25, 0.3) is 0 Å². The SMILES string of the molecule is CCOC(=O)c1ccccc1N=Cc1cccc(OCC)c1O. The lowest BCUT2D eigenvalue weighted by Gasteiger charge is -2.07. The minimum atomic E-state index is -0.424. The Labute approximate surface area is 135 Å². The molecule has 0 saturated heterocycles. The van der Waals surface area contributed by atoms with Gasteiger partial charge in [0, 0.05) is 11.8 Å². The van der Waals surface area contributed by atoms with Crippen molar-refractivity contribution >= 4 is 17.9 Å². The first-order chi connectivity index (χ1) is 11.2. The summed E-state index contributed by atoms with van der Waals surface area (Å²) in [5.74, 6) is -0.00520. The summed E-state index contributed by atoms with van der Waals surface area (Å²) in [7, 11) is 0. The quantitative estimate of drug-likeness (QED) is 0.652. The molecule has 23 heavy (non-hydrogen) atoms. The predicted octanol–water partition coefficient (Wildman–Crippen LogP) is 3.72. The third-order valence-corrected chi connectivity index (χ3v) is 3.07. The standard InChI is InChI=1S/C18H19NO4/c1-3-22-16-11-7-8-13(17(16)20)12-19-15-10-6-5-9-14(15)18(21)23-4-2/h5-12,20H,3-4H2,1-2H3. The van der Waals surface area contributed by atoms with Crippen LogP contribution in [-0.4, -0.2) is 30.5 Å². The molecule has 1 N–H and O–H groups in total. The average Bonchev–Trinajstić information content (AvgIpc) is 2.56. The van der Waals surface area contributed by atoms with Gasteiger partial charge in [-0.05, 0) is 38.1 Å². The van der Waals surface area contributed by atoms with Gasteiger partial charge >= 0.3 is 5.97 Å². The van der Waals surface area contributed by atoms with Crippen LogP contribution in [0.4, 0.5) is 5.69 Å². The summed E-state index contributed by atoms with van der Waals surface area (Å²) in [5, 5.41) is 10.2. The Morgan fingerprint density at radius 3 is 2.65 bits per heavy atom. The van der Waals surface area contributed by atoms with Crippen molar-refractivity contribution < 1.29 is 19.4 Å². The smallest absolute Gasteiger partial charge is 0.340 e. The molecule has 5 nitrogen and oxygen atoms in total. The van der Waals surface area contributed by atoms with E-state index in [1.54, 1.807) is 49.4 Å². The van der Waals surface area contributed by atoms with E-state index in [0.717, 1.165) is 0 Å². The first-order valence-corrected chi connectivity index (χ1v) is 7.42. The van der Waals surface area contributed by atoms with Gasteiger partial charge in [-0.2, -0.15) is 0 Å². The summed E-state index contributed by atoms with van der Waals surface area (Å²) in [4.78, 5) is 16.2. The van der Waals surface area contributed by atoms with Gasteiger partial charge in [0.15, 0.2) is 11.5 Å². The second kappa shape index (κ2) is 7.98. The third kappa shape index (κ3) is 4.10. The van der Waals surface area contributed by atoms with Gasteiger partial charge in [-0.1, -0.05) is 18.2 Å². The summed E-state index contributed by atoms with van der Waals surface area (Å²) in [6.45, 7) is 4.35. The van der Waals surface area contributed by atoms with E-state index in [9.17, 15) is 9.90 Å². The van der Waals surface area contributed by atoms with Crippen molar-refractivity contribution in [2.75, 3.05) is 13.2 Å². The van der Waals surface area contributed by atoms with Crippen LogP contribution in [0, 0.1) is 0 Å². The van der Waals surface area contributed by atoms with E-state index in [1.165, 1.54) is 6.21 Å². The Balaban J connectivity index is 2.31. The lowest BCUT2D eigenvalue weighted by Crippen LogP contribution is -2.04. The van der Waals surface area contributed by atoms with Crippen LogP contribution in [-0.2, 0) is 4.74 Å². The maximum absolute atomic E-state index is 11.9. The molecule has 0 aromatic heterocycles. The molecule has 0 saturated carbocycles. The molecule has 2 aromatic carbocycles. The second-order valence-corrected chi connectivity index (χ2v) is 4.62. The Morgan fingerprint density at radius 2 is 1.91 bits per heavy atom. The number of rotatable bonds is 6. The number of hydrogen-bond acceptors (Lipinski definition) is 5. The summed E-state index contributed by atoms with van der Waals surface area (Å²) < 4.78 is 10.4. The zero-order valence-corrected chi connectivity index (χ0v) is 13.2. The van der Waals surface area contributed by atoms with Crippen LogP contribution in [0.3, 0.4) is 0 Å². The lowest BCUT2D eigenvalue weighted by atomic mass is 10.1. The van der Waals surface area contributed by atoms with Gasteiger partial charge in [0.05, 0.1) is 24.5 Å². The zero-order chi connectivity index (χ0) is 16.7. The first kappa shape index (κ1) is 16.5. The molecule has 0 aliphatic carbocycles. The molecule has 0 heterocycles. The predicted molar refractivity (Wildman–Crippen MR) is 88.9 cm³/mol. The van der Waals surface area contributed by atoms with Crippen LogP contribution in [0.25, 0.3) is 0 Å². The Morgan fingerprint density at radius 1 is 1.13 bits per heavy atom. The van der Waals surface area contributed by atoms with Crippen molar-refractivity contribution in [1.29, 1.82) is 0 Å². The summed E-state index contributed by atoms with van der Waals surface area (Å²) >= 11 is 0. The molecule has 0 amide bonds. The highest BCUT2D eigenvalue weighted by molar-refractivity contribution is 5.96. The van der Waals surface area contributed by atoms with E-state index in [-0.39, 0.29) is 5.75 Å². The monoisotopic (exact) mass is 313 g/mol. The number of phenols is 1. The van der Waals surface area contributed by atoms with Gasteiger partial charge in [-0.15, -0.1) is 0 Å². The van der Waals surface area contributed by atoms with Crippen LogP contribution in [0.1, 0.15) is 29.8 Å². The maximum Gasteiger partial charge on any atom is 0.340 e. The van der Waals surface area contributed by atoms with Gasteiger partial charge in [-0.25, -0.2) is 4.79 Å². The largest absolute Gasteiger partial charge is 0.504 e. The van der Waals surface area contributed by atoms with Crippen LogP contribution >= 0.6 is 0 Å². The molecule has 2 rings (SSSR count). The van der Waals surface area contributed by atoms with Crippen LogP contribution in [0.2, 0.25) is 0 Å².